The second-order valence-corrected chi connectivity index (χ2v) is 4.48. The van der Waals surface area contributed by atoms with Gasteiger partial charge in [0, 0.05) is 17.9 Å². The standard InChI is InChI=1S/C13H16N2/c14-11-6-5-10-7-8-15(13(10)9-11)12-3-1-2-4-12/h5-9,12H,1-4,14H2. The second-order valence-electron chi connectivity index (χ2n) is 4.48. The van der Waals surface area contributed by atoms with Crippen molar-refractivity contribution in [2.75, 3.05) is 5.73 Å². The molecule has 0 amide bonds. The first-order valence-electron chi connectivity index (χ1n) is 5.71. The van der Waals surface area contributed by atoms with Gasteiger partial charge in [0.15, 0.2) is 0 Å². The number of nitrogens with two attached hydrogens (primary N) is 1. The van der Waals surface area contributed by atoms with Gasteiger partial charge in [-0.2, -0.15) is 0 Å². The minimum atomic E-state index is 0.698. The van der Waals surface area contributed by atoms with E-state index in [0.29, 0.717) is 6.04 Å². The van der Waals surface area contributed by atoms with Crippen molar-refractivity contribution < 1.29 is 0 Å². The summed E-state index contributed by atoms with van der Waals surface area (Å²) in [5.41, 5.74) is 7.99. The van der Waals surface area contributed by atoms with E-state index in [1.807, 2.05) is 6.07 Å². The van der Waals surface area contributed by atoms with Gasteiger partial charge in [-0.3, -0.25) is 0 Å². The number of fused-ring (bicyclic) bond motifs is 1. The summed E-state index contributed by atoms with van der Waals surface area (Å²) >= 11 is 0. The molecule has 1 saturated carbocycles. The molecule has 1 aliphatic carbocycles. The third-order valence-corrected chi connectivity index (χ3v) is 3.47. The number of anilines is 1. The summed E-state index contributed by atoms with van der Waals surface area (Å²) < 4.78 is 2.40. The highest BCUT2D eigenvalue weighted by Crippen LogP contribution is 2.33. The lowest BCUT2D eigenvalue weighted by Gasteiger charge is -2.13. The molecule has 0 atom stereocenters. The van der Waals surface area contributed by atoms with E-state index in [-0.39, 0.29) is 0 Å². The maximum absolute atomic E-state index is 5.84. The van der Waals surface area contributed by atoms with Gasteiger partial charge in [0.2, 0.25) is 0 Å². The Labute approximate surface area is 89.7 Å². The minimum absolute atomic E-state index is 0.698. The normalized spacial score (nSPS) is 17.6. The molecule has 0 saturated heterocycles. The predicted octanol–water partition coefficient (Wildman–Crippen LogP) is 3.34. The fraction of sp³-hybridized carbons (Fsp3) is 0.385. The van der Waals surface area contributed by atoms with Crippen LogP contribution in [0.5, 0.6) is 0 Å². The summed E-state index contributed by atoms with van der Waals surface area (Å²) in [6.07, 6.45) is 7.58. The Hall–Kier alpha value is -1.44. The van der Waals surface area contributed by atoms with Gasteiger partial charge in [-0.05, 0) is 36.4 Å². The minimum Gasteiger partial charge on any atom is -0.399 e. The summed E-state index contributed by atoms with van der Waals surface area (Å²) in [5.74, 6) is 0. The van der Waals surface area contributed by atoms with Crippen LogP contribution < -0.4 is 5.73 Å². The van der Waals surface area contributed by atoms with E-state index in [4.69, 9.17) is 5.73 Å². The largest absolute Gasteiger partial charge is 0.399 e. The Balaban J connectivity index is 2.13. The highest BCUT2D eigenvalue weighted by molar-refractivity contribution is 5.83. The second kappa shape index (κ2) is 3.30. The maximum atomic E-state index is 5.84. The van der Waals surface area contributed by atoms with E-state index in [1.165, 1.54) is 36.6 Å². The number of hydrogen-bond acceptors (Lipinski definition) is 1. The average molecular weight is 200 g/mol. The van der Waals surface area contributed by atoms with E-state index < -0.39 is 0 Å². The van der Waals surface area contributed by atoms with Crippen LogP contribution in [0.25, 0.3) is 10.9 Å². The molecule has 78 valence electrons. The van der Waals surface area contributed by atoms with Crippen LogP contribution in [0.3, 0.4) is 0 Å². The van der Waals surface area contributed by atoms with Gasteiger partial charge in [-0.1, -0.05) is 18.9 Å². The zero-order valence-electron chi connectivity index (χ0n) is 8.82. The molecule has 2 heteroatoms. The van der Waals surface area contributed by atoms with Crippen LogP contribution in [-0.2, 0) is 0 Å². The Kier molecular flexibility index (Phi) is 1.94. The number of rotatable bonds is 1. The zero-order chi connectivity index (χ0) is 10.3. The molecule has 2 aromatic rings. The maximum Gasteiger partial charge on any atom is 0.0503 e. The van der Waals surface area contributed by atoms with Gasteiger partial charge in [0.1, 0.15) is 0 Å². The predicted molar refractivity (Wildman–Crippen MR) is 63.9 cm³/mol. The molecule has 1 aliphatic rings. The van der Waals surface area contributed by atoms with Gasteiger partial charge in [-0.15, -0.1) is 0 Å². The third kappa shape index (κ3) is 1.41. The fourth-order valence-corrected chi connectivity index (χ4v) is 2.67. The van der Waals surface area contributed by atoms with Crippen molar-refractivity contribution in [2.45, 2.75) is 31.7 Å². The Morgan fingerprint density at radius 3 is 2.73 bits per heavy atom. The molecule has 0 aliphatic heterocycles. The lowest BCUT2D eigenvalue weighted by atomic mass is 10.2. The summed E-state index contributed by atoms with van der Waals surface area (Å²) in [5, 5.41) is 1.30. The smallest absolute Gasteiger partial charge is 0.0503 e. The molecule has 15 heavy (non-hydrogen) atoms. The van der Waals surface area contributed by atoms with E-state index >= 15 is 0 Å². The van der Waals surface area contributed by atoms with Crippen LogP contribution >= 0.6 is 0 Å². The van der Waals surface area contributed by atoms with Crippen LogP contribution in [0.2, 0.25) is 0 Å². The topological polar surface area (TPSA) is 30.9 Å². The lowest BCUT2D eigenvalue weighted by Crippen LogP contribution is -2.02. The first-order chi connectivity index (χ1) is 7.34. The highest BCUT2D eigenvalue weighted by atomic mass is 15.0. The van der Waals surface area contributed by atoms with Gasteiger partial charge in [0.05, 0.1) is 5.52 Å². The molecule has 0 spiro atoms. The molecule has 1 aromatic carbocycles. The molecule has 3 rings (SSSR count). The van der Waals surface area contributed by atoms with E-state index in [9.17, 15) is 0 Å². The third-order valence-electron chi connectivity index (χ3n) is 3.47. The molecule has 0 radical (unpaired) electrons. The molecule has 0 bridgehead atoms. The first-order valence-corrected chi connectivity index (χ1v) is 5.71. The fourth-order valence-electron chi connectivity index (χ4n) is 2.67. The van der Waals surface area contributed by atoms with Gasteiger partial charge in [0.25, 0.3) is 0 Å². The van der Waals surface area contributed by atoms with Crippen molar-refractivity contribution >= 4 is 16.6 Å². The Morgan fingerprint density at radius 2 is 1.93 bits per heavy atom. The van der Waals surface area contributed by atoms with Gasteiger partial charge < -0.3 is 10.3 Å². The van der Waals surface area contributed by atoms with E-state index in [0.717, 1.165) is 5.69 Å². The number of nitrogen functional groups attached to an aromatic ring is 1. The lowest BCUT2D eigenvalue weighted by molar-refractivity contribution is 0.536. The van der Waals surface area contributed by atoms with Gasteiger partial charge in [-0.25, -0.2) is 0 Å². The molecule has 0 unspecified atom stereocenters. The Bertz CT molecular complexity index is 478. The summed E-state index contributed by atoms with van der Waals surface area (Å²) in [6.45, 7) is 0. The quantitative estimate of drug-likeness (QED) is 0.703. The molecule has 2 nitrogen and oxygen atoms in total. The summed E-state index contributed by atoms with van der Waals surface area (Å²) in [6, 6.07) is 9.06. The highest BCUT2D eigenvalue weighted by Gasteiger charge is 2.17. The van der Waals surface area contributed by atoms with Crippen molar-refractivity contribution in [2.24, 2.45) is 0 Å². The summed E-state index contributed by atoms with van der Waals surface area (Å²) in [4.78, 5) is 0. The number of benzene rings is 1. The van der Waals surface area contributed by atoms with Crippen LogP contribution in [-0.4, -0.2) is 4.57 Å². The molecule has 1 aromatic heterocycles. The van der Waals surface area contributed by atoms with Crippen molar-refractivity contribution in [1.82, 2.24) is 4.57 Å². The van der Waals surface area contributed by atoms with Crippen molar-refractivity contribution in [3.63, 3.8) is 0 Å². The number of nitrogens with zero attached hydrogens (tertiary/aromatic N) is 1. The monoisotopic (exact) mass is 200 g/mol. The van der Waals surface area contributed by atoms with Crippen LogP contribution in [0.4, 0.5) is 5.69 Å². The number of aromatic nitrogens is 1. The number of hydrogen-bond donors (Lipinski definition) is 1. The molecular weight excluding hydrogens is 184 g/mol. The average Bonchev–Trinajstić information content (AvgIpc) is 2.83. The van der Waals surface area contributed by atoms with Crippen molar-refractivity contribution in [1.29, 1.82) is 0 Å². The van der Waals surface area contributed by atoms with Crippen molar-refractivity contribution in [3.8, 4) is 0 Å². The van der Waals surface area contributed by atoms with E-state index in [1.54, 1.807) is 0 Å². The van der Waals surface area contributed by atoms with Crippen LogP contribution in [0.1, 0.15) is 31.7 Å². The van der Waals surface area contributed by atoms with Gasteiger partial charge >= 0.3 is 0 Å². The van der Waals surface area contributed by atoms with Crippen molar-refractivity contribution in [3.05, 3.63) is 30.5 Å². The van der Waals surface area contributed by atoms with Crippen LogP contribution in [0, 0.1) is 0 Å². The molecular formula is C13H16N2. The SMILES string of the molecule is Nc1ccc2ccn(C3CCCC3)c2c1. The zero-order valence-corrected chi connectivity index (χ0v) is 8.82. The first kappa shape index (κ1) is 8.84. The molecule has 1 heterocycles. The Morgan fingerprint density at radius 1 is 1.13 bits per heavy atom. The molecule has 2 N–H and O–H groups in total. The summed E-state index contributed by atoms with van der Waals surface area (Å²) in [7, 11) is 0. The van der Waals surface area contributed by atoms with Crippen LogP contribution in [0.15, 0.2) is 30.5 Å². The molecule has 1 fully saturated rings. The van der Waals surface area contributed by atoms with E-state index in [2.05, 4.69) is 29.0 Å².